The van der Waals surface area contributed by atoms with Crippen LogP contribution >= 0.6 is 0 Å². The van der Waals surface area contributed by atoms with Crippen molar-refractivity contribution in [3.05, 3.63) is 54.1 Å². The van der Waals surface area contributed by atoms with Crippen molar-refractivity contribution in [2.75, 3.05) is 32.1 Å². The molecule has 0 saturated heterocycles. The maximum absolute atomic E-state index is 12.4. The van der Waals surface area contributed by atoms with Gasteiger partial charge in [-0.05, 0) is 44.2 Å². The minimum Gasteiger partial charge on any atom is -0.493 e. The molecule has 0 unspecified atom stereocenters. The van der Waals surface area contributed by atoms with Gasteiger partial charge in [-0.15, -0.1) is 0 Å². The molecule has 6 nitrogen and oxygen atoms in total. The summed E-state index contributed by atoms with van der Waals surface area (Å²) in [5.41, 5.74) is 1.15. The van der Waals surface area contributed by atoms with Crippen LogP contribution in [0, 0.1) is 0 Å². The maximum atomic E-state index is 12.4. The van der Waals surface area contributed by atoms with Crippen LogP contribution in [0.1, 0.15) is 30.6 Å². The van der Waals surface area contributed by atoms with Gasteiger partial charge in [-0.2, -0.15) is 0 Å². The normalized spacial score (nSPS) is 10.2. The first-order valence-corrected chi connectivity index (χ1v) is 9.04. The highest BCUT2D eigenvalue weighted by Gasteiger charge is 2.13. The monoisotopic (exact) mass is 370 g/mol. The van der Waals surface area contributed by atoms with E-state index in [1.165, 1.54) is 0 Å². The number of hydrogen-bond acceptors (Lipinski definition) is 4. The zero-order valence-corrected chi connectivity index (χ0v) is 16.0. The molecule has 0 bridgehead atoms. The molecule has 0 aliphatic carbocycles. The molecule has 2 aromatic carbocycles. The van der Waals surface area contributed by atoms with Crippen LogP contribution in [0.5, 0.6) is 11.5 Å². The van der Waals surface area contributed by atoms with E-state index in [9.17, 15) is 9.59 Å². The number of amides is 2. The molecule has 0 aliphatic rings. The number of carbonyl (C=O) groups excluding carboxylic acids is 2. The molecule has 27 heavy (non-hydrogen) atoms. The third-order valence-corrected chi connectivity index (χ3v) is 4.10. The average Bonchev–Trinajstić information content (AvgIpc) is 2.69. The van der Waals surface area contributed by atoms with Crippen molar-refractivity contribution in [3.63, 3.8) is 0 Å². The van der Waals surface area contributed by atoms with E-state index in [0.717, 1.165) is 0 Å². The highest BCUT2D eigenvalue weighted by molar-refractivity contribution is 5.97. The molecule has 0 aliphatic heterocycles. The van der Waals surface area contributed by atoms with E-state index in [1.807, 2.05) is 26.0 Å². The summed E-state index contributed by atoms with van der Waals surface area (Å²) < 4.78 is 10.8. The molecule has 0 aromatic heterocycles. The van der Waals surface area contributed by atoms with E-state index in [4.69, 9.17) is 9.47 Å². The first-order valence-electron chi connectivity index (χ1n) is 9.04. The third kappa shape index (κ3) is 5.74. The number of methoxy groups -OCH3 is 1. The van der Waals surface area contributed by atoms with Crippen molar-refractivity contribution in [3.8, 4) is 11.5 Å². The lowest BCUT2D eigenvalue weighted by Gasteiger charge is -2.19. The Balaban J connectivity index is 1.90. The SMILES string of the molecule is CCN(CC)C(=O)c1cccc(NC(=O)CCOc2ccccc2OC)c1. The minimum absolute atomic E-state index is 0.0457. The van der Waals surface area contributed by atoms with E-state index in [0.29, 0.717) is 35.8 Å². The predicted molar refractivity (Wildman–Crippen MR) is 105 cm³/mol. The van der Waals surface area contributed by atoms with Gasteiger partial charge in [0.05, 0.1) is 20.1 Å². The summed E-state index contributed by atoms with van der Waals surface area (Å²) in [6.07, 6.45) is 0.187. The molecular formula is C21H26N2O4. The average molecular weight is 370 g/mol. The number of anilines is 1. The van der Waals surface area contributed by atoms with Gasteiger partial charge in [0.25, 0.3) is 5.91 Å². The molecule has 0 atom stereocenters. The second-order valence-corrected chi connectivity index (χ2v) is 5.86. The Labute approximate surface area is 160 Å². The summed E-state index contributed by atoms with van der Waals surface area (Å²) >= 11 is 0. The Morgan fingerprint density at radius 3 is 2.37 bits per heavy atom. The number of benzene rings is 2. The van der Waals surface area contributed by atoms with Crippen LogP contribution in [-0.4, -0.2) is 43.5 Å². The summed E-state index contributed by atoms with van der Waals surface area (Å²) in [4.78, 5) is 26.3. The number of ether oxygens (including phenoxy) is 2. The van der Waals surface area contributed by atoms with Crippen LogP contribution in [0.4, 0.5) is 5.69 Å². The van der Waals surface area contributed by atoms with Crippen LogP contribution in [0.2, 0.25) is 0 Å². The first kappa shape index (κ1) is 20.3. The Hall–Kier alpha value is -3.02. The summed E-state index contributed by atoms with van der Waals surface area (Å²) in [6.45, 7) is 5.40. The van der Waals surface area contributed by atoms with Gasteiger partial charge in [0.1, 0.15) is 0 Å². The first-order chi connectivity index (χ1) is 13.1. The zero-order chi connectivity index (χ0) is 19.6. The highest BCUT2D eigenvalue weighted by atomic mass is 16.5. The van der Waals surface area contributed by atoms with Gasteiger partial charge in [-0.25, -0.2) is 0 Å². The van der Waals surface area contributed by atoms with Gasteiger partial charge >= 0.3 is 0 Å². The molecule has 0 heterocycles. The lowest BCUT2D eigenvalue weighted by atomic mass is 10.1. The third-order valence-electron chi connectivity index (χ3n) is 4.10. The Morgan fingerprint density at radius 2 is 1.70 bits per heavy atom. The Kier molecular flexibility index (Phi) is 7.67. The second kappa shape index (κ2) is 10.2. The van der Waals surface area contributed by atoms with Crippen LogP contribution in [0.15, 0.2) is 48.5 Å². The van der Waals surface area contributed by atoms with E-state index in [-0.39, 0.29) is 24.8 Å². The smallest absolute Gasteiger partial charge is 0.253 e. The number of hydrogen-bond donors (Lipinski definition) is 1. The molecule has 1 N–H and O–H groups in total. The van der Waals surface area contributed by atoms with Crippen LogP contribution < -0.4 is 14.8 Å². The molecule has 0 saturated carbocycles. The Bertz CT molecular complexity index is 772. The van der Waals surface area contributed by atoms with Crippen molar-refractivity contribution in [1.29, 1.82) is 0 Å². The molecule has 2 amide bonds. The zero-order valence-electron chi connectivity index (χ0n) is 16.0. The van der Waals surface area contributed by atoms with Gasteiger partial charge in [-0.3, -0.25) is 9.59 Å². The molecule has 144 valence electrons. The molecule has 0 fully saturated rings. The van der Waals surface area contributed by atoms with Gasteiger partial charge in [0, 0.05) is 24.3 Å². The van der Waals surface area contributed by atoms with Crippen molar-refractivity contribution in [2.45, 2.75) is 20.3 Å². The standard InChI is InChI=1S/C21H26N2O4/c1-4-23(5-2)21(25)16-9-8-10-17(15-16)22-20(24)13-14-27-19-12-7-6-11-18(19)26-3/h6-12,15H,4-5,13-14H2,1-3H3,(H,22,24). The molecule has 6 heteroatoms. The maximum Gasteiger partial charge on any atom is 0.253 e. The summed E-state index contributed by atoms with van der Waals surface area (Å²) in [6, 6.07) is 14.3. The van der Waals surface area contributed by atoms with Crippen molar-refractivity contribution in [1.82, 2.24) is 4.90 Å². The van der Waals surface area contributed by atoms with E-state index in [1.54, 1.807) is 48.4 Å². The van der Waals surface area contributed by atoms with E-state index < -0.39 is 0 Å². The molecule has 0 radical (unpaired) electrons. The number of nitrogens with one attached hydrogen (secondary N) is 1. The van der Waals surface area contributed by atoms with Gasteiger partial charge < -0.3 is 19.7 Å². The van der Waals surface area contributed by atoms with Gasteiger partial charge in [0.2, 0.25) is 5.91 Å². The fourth-order valence-electron chi connectivity index (χ4n) is 2.64. The Morgan fingerprint density at radius 1 is 1.00 bits per heavy atom. The van der Waals surface area contributed by atoms with Gasteiger partial charge in [0.15, 0.2) is 11.5 Å². The largest absolute Gasteiger partial charge is 0.493 e. The topological polar surface area (TPSA) is 67.9 Å². The minimum atomic E-state index is -0.183. The molecule has 0 spiro atoms. The lowest BCUT2D eigenvalue weighted by Crippen LogP contribution is -2.30. The number of carbonyl (C=O) groups is 2. The predicted octanol–water partition coefficient (Wildman–Crippen LogP) is 3.58. The van der Waals surface area contributed by atoms with Crippen molar-refractivity contribution < 1.29 is 19.1 Å². The van der Waals surface area contributed by atoms with E-state index in [2.05, 4.69) is 5.32 Å². The van der Waals surface area contributed by atoms with Crippen molar-refractivity contribution in [2.24, 2.45) is 0 Å². The fourth-order valence-corrected chi connectivity index (χ4v) is 2.64. The van der Waals surface area contributed by atoms with Crippen molar-refractivity contribution >= 4 is 17.5 Å². The summed E-state index contributed by atoms with van der Waals surface area (Å²) in [5.74, 6) is 0.994. The molecule has 2 rings (SSSR count). The van der Waals surface area contributed by atoms with Gasteiger partial charge in [-0.1, -0.05) is 18.2 Å². The van der Waals surface area contributed by atoms with E-state index >= 15 is 0 Å². The van der Waals surface area contributed by atoms with Crippen LogP contribution in [0.3, 0.4) is 0 Å². The number of rotatable bonds is 9. The fraction of sp³-hybridized carbons (Fsp3) is 0.333. The quantitative estimate of drug-likeness (QED) is 0.732. The highest BCUT2D eigenvalue weighted by Crippen LogP contribution is 2.25. The second-order valence-electron chi connectivity index (χ2n) is 5.86. The number of nitrogens with zero attached hydrogens (tertiary/aromatic N) is 1. The summed E-state index contributed by atoms with van der Waals surface area (Å²) in [7, 11) is 1.57. The molecular weight excluding hydrogens is 344 g/mol. The lowest BCUT2D eigenvalue weighted by molar-refractivity contribution is -0.116. The molecule has 2 aromatic rings. The summed E-state index contributed by atoms with van der Waals surface area (Å²) in [5, 5.41) is 2.81. The van der Waals surface area contributed by atoms with Crippen LogP contribution in [-0.2, 0) is 4.79 Å². The van der Waals surface area contributed by atoms with Crippen LogP contribution in [0.25, 0.3) is 0 Å². The number of para-hydroxylation sites is 2.